The number of ketones is 1. The number of aliphatic imine (C=N–C) groups is 1. The van der Waals surface area contributed by atoms with Gasteiger partial charge in [0, 0.05) is 24.6 Å². The van der Waals surface area contributed by atoms with Gasteiger partial charge in [0.05, 0.1) is 7.11 Å². The Labute approximate surface area is 126 Å². The maximum atomic E-state index is 12.0. The highest BCUT2D eigenvalue weighted by molar-refractivity contribution is 6.05. The molecule has 0 aromatic heterocycles. The van der Waals surface area contributed by atoms with Gasteiger partial charge < -0.3 is 4.74 Å². The van der Waals surface area contributed by atoms with Gasteiger partial charge in [0.15, 0.2) is 0 Å². The molecule has 2 fully saturated rings. The summed E-state index contributed by atoms with van der Waals surface area (Å²) in [5, 5.41) is 0. The second kappa shape index (κ2) is 6.42. The van der Waals surface area contributed by atoms with Crippen molar-refractivity contribution < 1.29 is 9.53 Å². The zero-order valence-corrected chi connectivity index (χ0v) is 12.7. The molecule has 0 bridgehead atoms. The first-order valence-electron chi connectivity index (χ1n) is 7.96. The summed E-state index contributed by atoms with van der Waals surface area (Å²) in [7, 11) is 1.67. The fraction of sp³-hybridized carbons (Fsp3) is 0.556. The van der Waals surface area contributed by atoms with Crippen LogP contribution in [0.5, 0.6) is 5.75 Å². The van der Waals surface area contributed by atoms with E-state index >= 15 is 0 Å². The van der Waals surface area contributed by atoms with Crippen molar-refractivity contribution in [3.05, 3.63) is 29.8 Å². The quantitative estimate of drug-likeness (QED) is 0.844. The minimum Gasteiger partial charge on any atom is -0.497 e. The van der Waals surface area contributed by atoms with Crippen molar-refractivity contribution in [2.24, 2.45) is 4.99 Å². The fourth-order valence-corrected chi connectivity index (χ4v) is 3.51. The van der Waals surface area contributed by atoms with Crippen molar-refractivity contribution in [2.45, 2.75) is 56.9 Å². The predicted octanol–water partition coefficient (Wildman–Crippen LogP) is 3.92. The van der Waals surface area contributed by atoms with E-state index in [4.69, 9.17) is 9.73 Å². The van der Waals surface area contributed by atoms with E-state index in [0.717, 1.165) is 17.9 Å². The molecule has 0 spiro atoms. The van der Waals surface area contributed by atoms with Gasteiger partial charge in [0.1, 0.15) is 11.5 Å². The third-order valence-corrected chi connectivity index (χ3v) is 4.63. The molecule has 0 aliphatic heterocycles. The second-order valence-electron chi connectivity index (χ2n) is 6.23. The summed E-state index contributed by atoms with van der Waals surface area (Å²) in [4.78, 5) is 16.9. The Bertz CT molecular complexity index is 527. The van der Waals surface area contributed by atoms with Gasteiger partial charge >= 0.3 is 0 Å². The number of benzene rings is 1. The van der Waals surface area contributed by atoms with Crippen LogP contribution in [0.3, 0.4) is 0 Å². The minimum absolute atomic E-state index is 0.289. The lowest BCUT2D eigenvalue weighted by molar-refractivity contribution is -0.118. The van der Waals surface area contributed by atoms with Crippen molar-refractivity contribution in [2.75, 3.05) is 7.11 Å². The van der Waals surface area contributed by atoms with Gasteiger partial charge in [0.2, 0.25) is 0 Å². The summed E-state index contributed by atoms with van der Waals surface area (Å²) < 4.78 is 5.20. The maximum Gasteiger partial charge on any atom is 0.139 e. The SMILES string of the molecule is COc1ccc(C2CC(=O)CC(=NC3CCCC3)C2)cc1. The third kappa shape index (κ3) is 3.52. The molecule has 0 N–H and O–H groups in total. The van der Waals surface area contributed by atoms with Crippen molar-refractivity contribution in [3.8, 4) is 5.75 Å². The Morgan fingerprint density at radius 2 is 1.81 bits per heavy atom. The molecule has 21 heavy (non-hydrogen) atoms. The average molecular weight is 285 g/mol. The molecule has 2 aliphatic carbocycles. The van der Waals surface area contributed by atoms with E-state index in [1.165, 1.54) is 31.2 Å². The summed E-state index contributed by atoms with van der Waals surface area (Å²) in [5.41, 5.74) is 2.35. The van der Waals surface area contributed by atoms with E-state index in [1.807, 2.05) is 12.1 Å². The van der Waals surface area contributed by atoms with Crippen LogP contribution in [0.25, 0.3) is 0 Å². The first-order valence-corrected chi connectivity index (χ1v) is 7.96. The predicted molar refractivity (Wildman–Crippen MR) is 84.3 cm³/mol. The van der Waals surface area contributed by atoms with Crippen LogP contribution < -0.4 is 4.74 Å². The Kier molecular flexibility index (Phi) is 4.37. The van der Waals surface area contributed by atoms with Crippen LogP contribution in [0.2, 0.25) is 0 Å². The summed E-state index contributed by atoms with van der Waals surface area (Å²) in [6, 6.07) is 8.58. The smallest absolute Gasteiger partial charge is 0.139 e. The number of ether oxygens (including phenoxy) is 1. The molecule has 1 unspecified atom stereocenters. The lowest BCUT2D eigenvalue weighted by Gasteiger charge is -2.24. The van der Waals surface area contributed by atoms with Crippen LogP contribution >= 0.6 is 0 Å². The highest BCUT2D eigenvalue weighted by Gasteiger charge is 2.26. The highest BCUT2D eigenvalue weighted by atomic mass is 16.5. The molecule has 0 heterocycles. The summed E-state index contributed by atoms with van der Waals surface area (Å²) >= 11 is 0. The number of hydrogen-bond donors (Lipinski definition) is 0. The first kappa shape index (κ1) is 14.3. The summed E-state index contributed by atoms with van der Waals surface area (Å²) in [5.74, 6) is 1.48. The van der Waals surface area contributed by atoms with Gasteiger partial charge in [-0.05, 0) is 42.9 Å². The molecule has 3 nitrogen and oxygen atoms in total. The number of rotatable bonds is 3. The van der Waals surface area contributed by atoms with Crippen LogP contribution in [-0.4, -0.2) is 24.6 Å². The molecule has 1 aromatic carbocycles. The van der Waals surface area contributed by atoms with Crippen LogP contribution in [0, 0.1) is 0 Å². The topological polar surface area (TPSA) is 38.7 Å². The maximum absolute atomic E-state index is 12.0. The molecule has 0 amide bonds. The molecule has 2 aliphatic rings. The normalized spacial score (nSPS) is 25.5. The van der Waals surface area contributed by atoms with Gasteiger partial charge in [-0.3, -0.25) is 9.79 Å². The Morgan fingerprint density at radius 3 is 2.48 bits per heavy atom. The van der Waals surface area contributed by atoms with Crippen molar-refractivity contribution in [1.82, 2.24) is 0 Å². The van der Waals surface area contributed by atoms with Crippen LogP contribution in [0.15, 0.2) is 29.3 Å². The lowest BCUT2D eigenvalue weighted by atomic mass is 9.82. The summed E-state index contributed by atoms with van der Waals surface area (Å²) in [6.45, 7) is 0. The van der Waals surface area contributed by atoms with E-state index in [-0.39, 0.29) is 5.92 Å². The molecule has 3 rings (SSSR count). The summed E-state index contributed by atoms with van der Waals surface area (Å²) in [6.07, 6.45) is 7.14. The molecular weight excluding hydrogens is 262 g/mol. The van der Waals surface area contributed by atoms with Gasteiger partial charge in [-0.2, -0.15) is 0 Å². The number of methoxy groups -OCH3 is 1. The average Bonchev–Trinajstić information content (AvgIpc) is 2.99. The van der Waals surface area contributed by atoms with Crippen molar-refractivity contribution in [1.29, 1.82) is 0 Å². The number of nitrogens with zero attached hydrogens (tertiary/aromatic N) is 1. The van der Waals surface area contributed by atoms with Crippen molar-refractivity contribution in [3.63, 3.8) is 0 Å². The van der Waals surface area contributed by atoms with E-state index in [0.29, 0.717) is 24.7 Å². The molecule has 0 radical (unpaired) electrons. The monoisotopic (exact) mass is 285 g/mol. The van der Waals surface area contributed by atoms with Crippen LogP contribution in [0.4, 0.5) is 0 Å². The number of Topliss-reactive ketones (excluding diaryl/α,β-unsaturated/α-hetero) is 1. The van der Waals surface area contributed by atoms with Crippen LogP contribution in [-0.2, 0) is 4.79 Å². The molecule has 0 saturated heterocycles. The third-order valence-electron chi connectivity index (χ3n) is 4.63. The zero-order chi connectivity index (χ0) is 14.7. The van der Waals surface area contributed by atoms with E-state index < -0.39 is 0 Å². The van der Waals surface area contributed by atoms with E-state index in [9.17, 15) is 4.79 Å². The van der Waals surface area contributed by atoms with Crippen molar-refractivity contribution >= 4 is 11.5 Å². The van der Waals surface area contributed by atoms with Gasteiger partial charge in [-0.1, -0.05) is 25.0 Å². The molecule has 3 heteroatoms. The number of hydrogen-bond acceptors (Lipinski definition) is 3. The molecular formula is C18H23NO2. The number of carbonyl (C=O) groups excluding carboxylic acids is 1. The van der Waals surface area contributed by atoms with Gasteiger partial charge in [-0.25, -0.2) is 0 Å². The van der Waals surface area contributed by atoms with Gasteiger partial charge in [-0.15, -0.1) is 0 Å². The molecule has 1 aromatic rings. The number of carbonyl (C=O) groups is 1. The second-order valence-corrected chi connectivity index (χ2v) is 6.23. The molecule has 1 atom stereocenters. The van der Waals surface area contributed by atoms with E-state index in [2.05, 4.69) is 12.1 Å². The largest absolute Gasteiger partial charge is 0.497 e. The zero-order valence-electron chi connectivity index (χ0n) is 12.7. The Morgan fingerprint density at radius 1 is 1.10 bits per heavy atom. The minimum atomic E-state index is 0.289. The standard InChI is InChI=1S/C18H23NO2/c1-21-18-8-6-13(7-9-18)14-10-16(12-17(20)11-14)19-15-4-2-3-5-15/h6-9,14-15H,2-5,10-12H2,1H3. The Balaban J connectivity index is 1.74. The molecule has 2 saturated carbocycles. The first-order chi connectivity index (χ1) is 10.2. The van der Waals surface area contributed by atoms with E-state index in [1.54, 1.807) is 7.11 Å². The lowest BCUT2D eigenvalue weighted by Crippen LogP contribution is -2.23. The Hall–Kier alpha value is -1.64. The van der Waals surface area contributed by atoms with Gasteiger partial charge in [0.25, 0.3) is 0 Å². The molecule has 112 valence electrons. The fourth-order valence-electron chi connectivity index (χ4n) is 3.51. The highest BCUT2D eigenvalue weighted by Crippen LogP contribution is 2.32. The van der Waals surface area contributed by atoms with Crippen LogP contribution in [0.1, 0.15) is 56.4 Å².